The Hall–Kier alpha value is -0.410. The number of aryl methyl sites for hydroxylation is 1. The van der Waals surface area contributed by atoms with Gasteiger partial charge in [0, 0.05) is 5.38 Å². The molecule has 0 aliphatic carbocycles. The Bertz CT molecular complexity index is 172. The molecule has 0 spiro atoms. The minimum atomic E-state index is -0.207. The van der Waals surface area contributed by atoms with Crippen LogP contribution in [0.1, 0.15) is 19.0 Å². The summed E-state index contributed by atoms with van der Waals surface area (Å²) in [6.07, 6.45) is 1.49. The first-order valence-electron chi connectivity index (χ1n) is 3.34. The van der Waals surface area contributed by atoms with Gasteiger partial charge < -0.3 is 5.11 Å². The smallest absolute Gasteiger partial charge is 0.0794 e. The van der Waals surface area contributed by atoms with Crippen molar-refractivity contribution in [3.63, 3.8) is 0 Å². The minimum Gasteiger partial charge on any atom is -0.393 e. The Morgan fingerprint density at radius 2 is 2.60 bits per heavy atom. The molecule has 0 radical (unpaired) electrons. The number of aliphatic hydroxyl groups excluding tert-OH is 1. The van der Waals surface area contributed by atoms with Gasteiger partial charge in [0.2, 0.25) is 0 Å². The predicted octanol–water partition coefficient (Wildman–Crippen LogP) is 1.46. The van der Waals surface area contributed by atoms with E-state index in [1.807, 2.05) is 10.9 Å². The van der Waals surface area contributed by atoms with Gasteiger partial charge in [-0.25, -0.2) is 4.98 Å². The van der Waals surface area contributed by atoms with Gasteiger partial charge in [-0.2, -0.15) is 0 Å². The van der Waals surface area contributed by atoms with Crippen molar-refractivity contribution in [2.24, 2.45) is 0 Å². The van der Waals surface area contributed by atoms with Crippen molar-refractivity contribution in [1.29, 1.82) is 0 Å². The fourth-order valence-electron chi connectivity index (χ4n) is 0.718. The second-order valence-electron chi connectivity index (χ2n) is 2.37. The molecule has 10 heavy (non-hydrogen) atoms. The lowest BCUT2D eigenvalue weighted by Crippen LogP contribution is -2.01. The summed E-state index contributed by atoms with van der Waals surface area (Å²) in [6, 6.07) is 0. The molecule has 1 heterocycles. The van der Waals surface area contributed by atoms with E-state index in [4.69, 9.17) is 5.11 Å². The highest BCUT2D eigenvalue weighted by Crippen LogP contribution is 2.05. The number of rotatable bonds is 3. The van der Waals surface area contributed by atoms with Crippen LogP contribution in [0.2, 0.25) is 0 Å². The molecule has 0 fully saturated rings. The summed E-state index contributed by atoms with van der Waals surface area (Å²) in [4.78, 5) is 4.10. The van der Waals surface area contributed by atoms with E-state index in [-0.39, 0.29) is 6.10 Å². The van der Waals surface area contributed by atoms with Gasteiger partial charge in [0.05, 0.1) is 17.3 Å². The van der Waals surface area contributed by atoms with Crippen molar-refractivity contribution < 1.29 is 5.11 Å². The second kappa shape index (κ2) is 3.68. The van der Waals surface area contributed by atoms with Crippen LogP contribution in [0.25, 0.3) is 0 Å². The molecule has 1 aromatic rings. The van der Waals surface area contributed by atoms with Gasteiger partial charge in [-0.05, 0) is 19.8 Å². The van der Waals surface area contributed by atoms with E-state index in [1.54, 1.807) is 18.3 Å². The highest BCUT2D eigenvalue weighted by Gasteiger charge is 1.97. The van der Waals surface area contributed by atoms with Crippen LogP contribution >= 0.6 is 11.3 Å². The average Bonchev–Trinajstić information content (AvgIpc) is 2.34. The Kier molecular flexibility index (Phi) is 2.83. The zero-order chi connectivity index (χ0) is 7.40. The van der Waals surface area contributed by atoms with Crippen molar-refractivity contribution in [2.75, 3.05) is 0 Å². The van der Waals surface area contributed by atoms with E-state index in [0.29, 0.717) is 0 Å². The predicted molar refractivity (Wildman–Crippen MR) is 42.1 cm³/mol. The van der Waals surface area contributed by atoms with Gasteiger partial charge in [0.25, 0.3) is 0 Å². The Balaban J connectivity index is 2.28. The number of hydrogen-bond acceptors (Lipinski definition) is 3. The van der Waals surface area contributed by atoms with E-state index >= 15 is 0 Å². The van der Waals surface area contributed by atoms with Gasteiger partial charge in [-0.1, -0.05) is 0 Å². The maximum absolute atomic E-state index is 8.93. The van der Waals surface area contributed by atoms with Gasteiger partial charge >= 0.3 is 0 Å². The van der Waals surface area contributed by atoms with Crippen LogP contribution < -0.4 is 0 Å². The van der Waals surface area contributed by atoms with Crippen molar-refractivity contribution in [1.82, 2.24) is 4.98 Å². The summed E-state index contributed by atoms with van der Waals surface area (Å²) in [6.45, 7) is 1.80. The summed E-state index contributed by atoms with van der Waals surface area (Å²) in [5, 5.41) is 10.9. The van der Waals surface area contributed by atoms with Crippen molar-refractivity contribution in [2.45, 2.75) is 25.9 Å². The largest absolute Gasteiger partial charge is 0.393 e. The van der Waals surface area contributed by atoms with E-state index in [2.05, 4.69) is 4.98 Å². The van der Waals surface area contributed by atoms with Gasteiger partial charge in [-0.3, -0.25) is 0 Å². The molecule has 0 aromatic carbocycles. The summed E-state index contributed by atoms with van der Waals surface area (Å²) in [7, 11) is 0. The lowest BCUT2D eigenvalue weighted by atomic mass is 10.2. The molecular formula is C7H11NOS. The number of aromatic nitrogens is 1. The summed E-state index contributed by atoms with van der Waals surface area (Å²) in [5.41, 5.74) is 2.91. The maximum atomic E-state index is 8.93. The van der Waals surface area contributed by atoms with Crippen LogP contribution in [0.3, 0.4) is 0 Å². The topological polar surface area (TPSA) is 33.1 Å². The average molecular weight is 157 g/mol. The third-order valence-electron chi connectivity index (χ3n) is 1.30. The first kappa shape index (κ1) is 7.69. The SMILES string of the molecule is C[C@H](O)CCc1cscn1. The zero-order valence-electron chi connectivity index (χ0n) is 5.95. The number of thiazole rings is 1. The molecule has 0 unspecified atom stereocenters. The molecule has 0 saturated carbocycles. The van der Waals surface area contributed by atoms with Gasteiger partial charge in [-0.15, -0.1) is 11.3 Å². The molecule has 1 aromatic heterocycles. The lowest BCUT2D eigenvalue weighted by molar-refractivity contribution is 0.184. The van der Waals surface area contributed by atoms with E-state index < -0.39 is 0 Å². The molecule has 0 bridgehead atoms. The lowest BCUT2D eigenvalue weighted by Gasteiger charge is -1.99. The minimum absolute atomic E-state index is 0.207. The van der Waals surface area contributed by atoms with Crippen LogP contribution in [0, 0.1) is 0 Å². The Morgan fingerprint density at radius 1 is 1.80 bits per heavy atom. The summed E-state index contributed by atoms with van der Waals surface area (Å²) >= 11 is 1.60. The third kappa shape index (κ3) is 2.45. The molecule has 1 N–H and O–H groups in total. The molecule has 1 rings (SSSR count). The molecule has 1 atom stereocenters. The highest BCUT2D eigenvalue weighted by atomic mass is 32.1. The van der Waals surface area contributed by atoms with Crippen molar-refractivity contribution in [3.8, 4) is 0 Å². The molecule has 2 nitrogen and oxygen atoms in total. The van der Waals surface area contributed by atoms with Crippen LogP contribution in [0.4, 0.5) is 0 Å². The molecule has 0 aliphatic rings. The van der Waals surface area contributed by atoms with Crippen LogP contribution in [-0.2, 0) is 6.42 Å². The Labute approximate surface area is 64.5 Å². The van der Waals surface area contributed by atoms with E-state index in [9.17, 15) is 0 Å². The van der Waals surface area contributed by atoms with Crippen LogP contribution in [0.15, 0.2) is 10.9 Å². The number of aliphatic hydroxyl groups is 1. The fourth-order valence-corrected chi connectivity index (χ4v) is 1.31. The monoisotopic (exact) mass is 157 g/mol. The molecule has 56 valence electrons. The first-order valence-corrected chi connectivity index (χ1v) is 4.28. The van der Waals surface area contributed by atoms with Crippen LogP contribution in [0.5, 0.6) is 0 Å². The number of nitrogens with zero attached hydrogens (tertiary/aromatic N) is 1. The Morgan fingerprint density at radius 3 is 3.10 bits per heavy atom. The van der Waals surface area contributed by atoms with Crippen molar-refractivity contribution in [3.05, 3.63) is 16.6 Å². The maximum Gasteiger partial charge on any atom is 0.0794 e. The molecular weight excluding hydrogens is 146 g/mol. The molecule has 0 amide bonds. The first-order chi connectivity index (χ1) is 4.79. The quantitative estimate of drug-likeness (QED) is 0.720. The van der Waals surface area contributed by atoms with Gasteiger partial charge in [0.15, 0.2) is 0 Å². The number of hydrogen-bond donors (Lipinski definition) is 1. The second-order valence-corrected chi connectivity index (χ2v) is 3.09. The molecule has 0 aliphatic heterocycles. The van der Waals surface area contributed by atoms with E-state index in [1.165, 1.54) is 0 Å². The third-order valence-corrected chi connectivity index (χ3v) is 1.94. The van der Waals surface area contributed by atoms with Crippen LogP contribution in [-0.4, -0.2) is 16.2 Å². The summed E-state index contributed by atoms with van der Waals surface area (Å²) < 4.78 is 0. The van der Waals surface area contributed by atoms with E-state index in [0.717, 1.165) is 18.5 Å². The zero-order valence-corrected chi connectivity index (χ0v) is 6.77. The fraction of sp³-hybridized carbons (Fsp3) is 0.571. The van der Waals surface area contributed by atoms with Gasteiger partial charge in [0.1, 0.15) is 0 Å². The normalized spacial score (nSPS) is 13.4. The highest BCUT2D eigenvalue weighted by molar-refractivity contribution is 7.07. The summed E-state index contributed by atoms with van der Waals surface area (Å²) in [5.74, 6) is 0. The molecule has 3 heteroatoms. The van der Waals surface area contributed by atoms with Crippen molar-refractivity contribution >= 4 is 11.3 Å². The molecule has 0 saturated heterocycles. The standard InChI is InChI=1S/C7H11NOS/c1-6(9)2-3-7-4-10-5-8-7/h4-6,9H,2-3H2,1H3/t6-/m0/s1.